The van der Waals surface area contributed by atoms with Crippen molar-refractivity contribution in [2.75, 3.05) is 9.80 Å². The highest BCUT2D eigenvalue weighted by atomic mass is 15.2. The van der Waals surface area contributed by atoms with Crippen molar-refractivity contribution in [3.05, 3.63) is 223 Å². The molecule has 4 aliphatic rings. The van der Waals surface area contributed by atoms with Crippen molar-refractivity contribution in [3.8, 4) is 22.3 Å². The van der Waals surface area contributed by atoms with Crippen LogP contribution < -0.4 is 20.7 Å². The summed E-state index contributed by atoms with van der Waals surface area (Å²) in [6, 6.07) is 65.5. The van der Waals surface area contributed by atoms with Gasteiger partial charge in [0.1, 0.15) is 0 Å². The van der Waals surface area contributed by atoms with Crippen LogP contribution in [-0.4, -0.2) is 6.71 Å². The molecule has 0 aromatic heterocycles. The molecule has 2 aliphatic heterocycles. The quantitative estimate of drug-likeness (QED) is 0.122. The summed E-state index contributed by atoms with van der Waals surface area (Å²) in [4.78, 5) is 5.18. The predicted octanol–water partition coefficient (Wildman–Crippen LogP) is 14.7. The number of fused-ring (bicyclic) bond motifs is 5. The van der Waals surface area contributed by atoms with Crippen LogP contribution in [0.3, 0.4) is 0 Å². The summed E-state index contributed by atoms with van der Waals surface area (Å²) < 4.78 is 0. The Morgan fingerprint density at radius 2 is 1.03 bits per heavy atom. The molecule has 8 aromatic carbocycles. The van der Waals surface area contributed by atoms with Crippen molar-refractivity contribution < 1.29 is 0 Å². The molecular formula is C59H47BN2. The van der Waals surface area contributed by atoms with E-state index in [4.69, 9.17) is 0 Å². The highest BCUT2D eigenvalue weighted by Crippen LogP contribution is 2.52. The van der Waals surface area contributed by atoms with Gasteiger partial charge in [0, 0.05) is 39.5 Å². The van der Waals surface area contributed by atoms with Gasteiger partial charge in [-0.1, -0.05) is 177 Å². The van der Waals surface area contributed by atoms with Crippen molar-refractivity contribution in [2.24, 2.45) is 5.41 Å². The van der Waals surface area contributed by atoms with Gasteiger partial charge in [-0.2, -0.15) is 0 Å². The monoisotopic (exact) mass is 794 g/mol. The highest BCUT2D eigenvalue weighted by Gasteiger charge is 2.46. The zero-order valence-electron chi connectivity index (χ0n) is 35.4. The average molecular weight is 795 g/mol. The summed E-state index contributed by atoms with van der Waals surface area (Å²) in [5.74, 6) is 0. The maximum absolute atomic E-state index is 2.63. The molecule has 0 bridgehead atoms. The Kier molecular flexibility index (Phi) is 8.61. The van der Waals surface area contributed by atoms with Crippen LogP contribution in [0, 0.1) is 5.41 Å². The lowest BCUT2D eigenvalue weighted by Gasteiger charge is -2.47. The lowest BCUT2D eigenvalue weighted by atomic mass is 9.32. The maximum Gasteiger partial charge on any atom is 0.251 e. The first kappa shape index (κ1) is 36.7. The predicted molar refractivity (Wildman–Crippen MR) is 265 cm³/mol. The van der Waals surface area contributed by atoms with Crippen LogP contribution in [0.4, 0.5) is 28.4 Å². The largest absolute Gasteiger partial charge is 0.315 e. The van der Waals surface area contributed by atoms with E-state index in [-0.39, 0.29) is 12.1 Å². The number of anilines is 5. The fourth-order valence-corrected chi connectivity index (χ4v) is 11.2. The van der Waals surface area contributed by atoms with Gasteiger partial charge in [0.2, 0.25) is 0 Å². The molecule has 3 heteroatoms. The normalized spacial score (nSPS) is 15.6. The number of para-hydroxylation sites is 3. The van der Waals surface area contributed by atoms with Gasteiger partial charge in [-0.25, -0.2) is 0 Å². The first-order valence-corrected chi connectivity index (χ1v) is 22.3. The van der Waals surface area contributed by atoms with E-state index in [0.717, 1.165) is 31.4 Å². The Morgan fingerprint density at radius 1 is 0.500 bits per heavy atom. The van der Waals surface area contributed by atoms with Gasteiger partial charge in [-0.3, -0.25) is 0 Å². The number of hydrogen-bond acceptors (Lipinski definition) is 2. The molecule has 12 rings (SSSR count). The SMILES string of the molecule is CC(C)(C1=CCCC=C1)C1=CC2=C(CC1)N(c1ccccc1)c1cc(-c3c4ccccc4c(-c4ccccc4)c4ccccc34)cc3c1B2c1ccccc1N3c1ccccc1. The van der Waals surface area contributed by atoms with Crippen LogP contribution >= 0.6 is 0 Å². The highest BCUT2D eigenvalue weighted by molar-refractivity contribution is 6.95. The Balaban J connectivity index is 1.20. The third-order valence-corrected chi connectivity index (χ3v) is 14.1. The van der Waals surface area contributed by atoms with E-state index < -0.39 is 0 Å². The molecule has 2 heterocycles. The first-order valence-electron chi connectivity index (χ1n) is 22.3. The summed E-state index contributed by atoms with van der Waals surface area (Å²) in [6.45, 7) is 4.95. The number of benzene rings is 8. The van der Waals surface area contributed by atoms with Crippen LogP contribution in [0.25, 0.3) is 43.8 Å². The number of nitrogens with zero attached hydrogens (tertiary/aromatic N) is 2. The molecule has 0 fully saturated rings. The third kappa shape index (κ3) is 5.64. The zero-order valence-corrected chi connectivity index (χ0v) is 35.4. The Labute approximate surface area is 365 Å². The molecule has 2 nitrogen and oxygen atoms in total. The van der Waals surface area contributed by atoms with E-state index in [0.29, 0.717) is 0 Å². The molecule has 2 aliphatic carbocycles. The summed E-state index contributed by atoms with van der Waals surface area (Å²) in [6.07, 6.45) is 14.1. The van der Waals surface area contributed by atoms with Crippen LogP contribution in [0.1, 0.15) is 39.5 Å². The Morgan fingerprint density at radius 3 is 1.65 bits per heavy atom. The lowest BCUT2D eigenvalue weighted by molar-refractivity contribution is 0.517. The molecule has 8 aromatic rings. The van der Waals surface area contributed by atoms with E-state index in [2.05, 4.69) is 224 Å². The van der Waals surface area contributed by atoms with Gasteiger partial charge in [0.05, 0.1) is 0 Å². The van der Waals surface area contributed by atoms with Crippen molar-refractivity contribution in [3.63, 3.8) is 0 Å². The van der Waals surface area contributed by atoms with E-state index in [9.17, 15) is 0 Å². The van der Waals surface area contributed by atoms with Gasteiger partial charge < -0.3 is 9.80 Å². The van der Waals surface area contributed by atoms with E-state index >= 15 is 0 Å². The summed E-state index contributed by atoms with van der Waals surface area (Å²) in [5.41, 5.74) is 19.5. The van der Waals surface area contributed by atoms with Crippen LogP contribution in [0.5, 0.6) is 0 Å². The molecular weight excluding hydrogens is 747 g/mol. The van der Waals surface area contributed by atoms with Gasteiger partial charge >= 0.3 is 0 Å². The number of hydrogen-bond donors (Lipinski definition) is 0. The fraction of sp³-hybridized carbons (Fsp3) is 0.119. The second kappa shape index (κ2) is 14.5. The molecule has 296 valence electrons. The minimum absolute atomic E-state index is 0.0658. The van der Waals surface area contributed by atoms with Gasteiger partial charge in [0.15, 0.2) is 0 Å². The van der Waals surface area contributed by atoms with Gasteiger partial charge in [0.25, 0.3) is 6.71 Å². The van der Waals surface area contributed by atoms with Crippen molar-refractivity contribution in [1.29, 1.82) is 0 Å². The zero-order chi connectivity index (χ0) is 41.4. The molecule has 0 atom stereocenters. The van der Waals surface area contributed by atoms with Crippen LogP contribution in [0.15, 0.2) is 223 Å². The van der Waals surface area contributed by atoms with Gasteiger partial charge in [-0.15, -0.1) is 0 Å². The van der Waals surface area contributed by atoms with E-state index in [1.165, 1.54) is 99.8 Å². The molecule has 0 radical (unpaired) electrons. The Bertz CT molecular complexity index is 3150. The summed E-state index contributed by atoms with van der Waals surface area (Å²) in [7, 11) is 0. The molecule has 62 heavy (non-hydrogen) atoms. The topological polar surface area (TPSA) is 6.48 Å². The smallest absolute Gasteiger partial charge is 0.251 e. The first-order chi connectivity index (χ1) is 30.6. The van der Waals surface area contributed by atoms with E-state index in [1.54, 1.807) is 0 Å². The molecule has 0 amide bonds. The van der Waals surface area contributed by atoms with Crippen LogP contribution in [0.2, 0.25) is 0 Å². The van der Waals surface area contributed by atoms with Crippen molar-refractivity contribution in [2.45, 2.75) is 39.5 Å². The van der Waals surface area contributed by atoms with Gasteiger partial charge in [-0.05, 0) is 134 Å². The lowest BCUT2D eigenvalue weighted by Crippen LogP contribution is -2.56. The summed E-state index contributed by atoms with van der Waals surface area (Å²) in [5, 5.41) is 5.05. The molecule has 0 saturated carbocycles. The van der Waals surface area contributed by atoms with Crippen molar-refractivity contribution in [1.82, 2.24) is 0 Å². The van der Waals surface area contributed by atoms with E-state index in [1.807, 2.05) is 0 Å². The minimum atomic E-state index is -0.0712. The average Bonchev–Trinajstić information content (AvgIpc) is 3.33. The third-order valence-electron chi connectivity index (χ3n) is 14.1. The fourth-order valence-electron chi connectivity index (χ4n) is 11.2. The minimum Gasteiger partial charge on any atom is -0.315 e. The molecule has 0 unspecified atom stereocenters. The van der Waals surface area contributed by atoms with Crippen molar-refractivity contribution >= 4 is 67.6 Å². The second-order valence-corrected chi connectivity index (χ2v) is 17.8. The molecule has 0 spiro atoms. The summed E-state index contributed by atoms with van der Waals surface area (Å²) >= 11 is 0. The maximum atomic E-state index is 2.63. The second-order valence-electron chi connectivity index (χ2n) is 17.8. The number of rotatable bonds is 6. The van der Waals surface area contributed by atoms with Crippen LogP contribution in [-0.2, 0) is 0 Å². The molecule has 0 saturated heterocycles. The Hall–Kier alpha value is -7.10. The number of allylic oxidation sites excluding steroid dienone is 8. The standard InChI is InChI=1S/C59H47BN2/c1-59(2,42-23-9-4-10-24-42)43-35-36-53-51(39-43)60-50-33-19-20-34-52(50)61(44-25-11-5-12-26-44)54-37-41(38-55(58(54)60)62(53)45-27-13-6-14-28-45)57-48-31-17-15-29-46(48)56(40-21-7-3-8-22-40)47-30-16-18-32-49(47)57/h3,5-9,11-34,37-39H,4,10,35-36H2,1-2H3. The molecule has 0 N–H and O–H groups in total.